The Morgan fingerprint density at radius 1 is 1.23 bits per heavy atom. The van der Waals surface area contributed by atoms with Gasteiger partial charge in [-0.3, -0.25) is 15.0 Å². The van der Waals surface area contributed by atoms with Gasteiger partial charge in [-0.05, 0) is 31.5 Å². The van der Waals surface area contributed by atoms with E-state index in [2.05, 4.69) is 15.0 Å². The summed E-state index contributed by atoms with van der Waals surface area (Å²) in [6.07, 6.45) is 6.32. The first-order chi connectivity index (χ1) is 12.5. The molecule has 2 heterocycles. The summed E-state index contributed by atoms with van der Waals surface area (Å²) < 4.78 is 19.2. The maximum absolute atomic E-state index is 14.1. The van der Waals surface area contributed by atoms with Crippen molar-refractivity contribution in [3.8, 4) is 0 Å². The highest BCUT2D eigenvalue weighted by atomic mass is 19.1. The first-order valence-corrected chi connectivity index (χ1v) is 8.23. The number of benzene rings is 1. The van der Waals surface area contributed by atoms with Crippen LogP contribution in [0.4, 0.5) is 10.1 Å². The quantitative estimate of drug-likeness (QED) is 0.655. The second-order valence-corrected chi connectivity index (χ2v) is 5.91. The molecule has 0 saturated heterocycles. The van der Waals surface area contributed by atoms with Crippen LogP contribution in [0.25, 0.3) is 10.9 Å². The van der Waals surface area contributed by atoms with Crippen molar-refractivity contribution >= 4 is 22.6 Å². The Morgan fingerprint density at radius 2 is 2.04 bits per heavy atom. The van der Waals surface area contributed by atoms with E-state index in [4.69, 9.17) is 4.74 Å². The van der Waals surface area contributed by atoms with Gasteiger partial charge in [0.25, 0.3) is 0 Å². The van der Waals surface area contributed by atoms with Crippen LogP contribution in [0.3, 0.4) is 0 Å². The number of ether oxygens (including phenoxy) is 1. The molecule has 0 unspecified atom stereocenters. The van der Waals surface area contributed by atoms with Crippen molar-refractivity contribution in [3.05, 3.63) is 59.6 Å². The standard InChI is InChI=1S/C19H19FN4O2/c1-4-26-19(25)16-10-23-17-12(2)7-13(20)8-15(17)18(16)24(3)11-14-9-21-5-6-22-14/h5-10H,4,11H2,1-3H3. The normalized spacial score (nSPS) is 10.8. The maximum atomic E-state index is 14.1. The minimum Gasteiger partial charge on any atom is -0.462 e. The number of rotatable bonds is 5. The highest BCUT2D eigenvalue weighted by Gasteiger charge is 2.21. The van der Waals surface area contributed by atoms with E-state index in [0.717, 1.165) is 5.69 Å². The molecule has 0 aliphatic rings. The number of carbonyl (C=O) groups excluding carboxylic acids is 1. The van der Waals surface area contributed by atoms with Gasteiger partial charge in [-0.15, -0.1) is 0 Å². The van der Waals surface area contributed by atoms with Crippen molar-refractivity contribution in [2.45, 2.75) is 20.4 Å². The third-order valence-electron chi connectivity index (χ3n) is 3.99. The van der Waals surface area contributed by atoms with Crippen LogP contribution in [0.2, 0.25) is 0 Å². The van der Waals surface area contributed by atoms with Crippen LogP contribution in [0.5, 0.6) is 0 Å². The molecule has 6 nitrogen and oxygen atoms in total. The van der Waals surface area contributed by atoms with Crippen LogP contribution in [0.1, 0.15) is 28.5 Å². The van der Waals surface area contributed by atoms with Crippen molar-refractivity contribution in [3.63, 3.8) is 0 Å². The van der Waals surface area contributed by atoms with E-state index >= 15 is 0 Å². The minimum atomic E-state index is -0.496. The zero-order valence-electron chi connectivity index (χ0n) is 14.9. The van der Waals surface area contributed by atoms with Gasteiger partial charge < -0.3 is 9.64 Å². The molecule has 0 bridgehead atoms. The number of nitrogens with zero attached hydrogens (tertiary/aromatic N) is 4. The molecule has 0 aliphatic carbocycles. The fourth-order valence-corrected chi connectivity index (χ4v) is 2.93. The molecule has 0 N–H and O–H groups in total. The summed E-state index contributed by atoms with van der Waals surface area (Å²) in [5.74, 6) is -0.878. The van der Waals surface area contributed by atoms with E-state index in [1.54, 1.807) is 32.4 Å². The third-order valence-corrected chi connectivity index (χ3v) is 3.99. The predicted molar refractivity (Wildman–Crippen MR) is 96.5 cm³/mol. The Morgan fingerprint density at radius 3 is 2.73 bits per heavy atom. The number of hydrogen-bond acceptors (Lipinski definition) is 6. The van der Waals surface area contributed by atoms with Crippen molar-refractivity contribution in [2.24, 2.45) is 0 Å². The van der Waals surface area contributed by atoms with Gasteiger partial charge in [0, 0.05) is 31.0 Å². The summed E-state index contributed by atoms with van der Waals surface area (Å²) >= 11 is 0. The monoisotopic (exact) mass is 354 g/mol. The molecule has 0 fully saturated rings. The van der Waals surface area contributed by atoms with Gasteiger partial charge >= 0.3 is 5.97 Å². The Balaban J connectivity index is 2.17. The van der Waals surface area contributed by atoms with Gasteiger partial charge in [0.1, 0.15) is 11.4 Å². The molecule has 0 amide bonds. The zero-order valence-corrected chi connectivity index (χ0v) is 14.9. The van der Waals surface area contributed by atoms with Crippen LogP contribution in [0, 0.1) is 12.7 Å². The molecule has 0 spiro atoms. The van der Waals surface area contributed by atoms with Gasteiger partial charge in [0.15, 0.2) is 0 Å². The van der Waals surface area contributed by atoms with Gasteiger partial charge in [0.2, 0.25) is 0 Å². The highest BCUT2D eigenvalue weighted by Crippen LogP contribution is 2.32. The van der Waals surface area contributed by atoms with E-state index in [1.807, 2.05) is 11.9 Å². The number of carbonyl (C=O) groups is 1. The lowest BCUT2D eigenvalue weighted by atomic mass is 10.0. The van der Waals surface area contributed by atoms with Gasteiger partial charge in [-0.25, -0.2) is 9.18 Å². The zero-order chi connectivity index (χ0) is 18.7. The minimum absolute atomic E-state index is 0.242. The number of pyridine rings is 1. The fraction of sp³-hybridized carbons (Fsp3) is 0.263. The number of hydrogen-bond donors (Lipinski definition) is 0. The molecular weight excluding hydrogens is 335 g/mol. The van der Waals surface area contributed by atoms with E-state index in [0.29, 0.717) is 28.7 Å². The van der Waals surface area contributed by atoms with Crippen LogP contribution in [-0.4, -0.2) is 34.6 Å². The number of fused-ring (bicyclic) bond motifs is 1. The molecule has 0 saturated carbocycles. The molecule has 3 aromatic rings. The van der Waals surface area contributed by atoms with Crippen LogP contribution in [-0.2, 0) is 11.3 Å². The highest BCUT2D eigenvalue weighted by molar-refractivity contribution is 6.05. The number of anilines is 1. The smallest absolute Gasteiger partial charge is 0.341 e. The molecule has 0 aliphatic heterocycles. The number of esters is 1. The van der Waals surface area contributed by atoms with E-state index in [-0.39, 0.29) is 18.0 Å². The molecule has 134 valence electrons. The van der Waals surface area contributed by atoms with Crippen molar-refractivity contribution < 1.29 is 13.9 Å². The Labute approximate surface area is 150 Å². The first-order valence-electron chi connectivity index (χ1n) is 8.23. The summed E-state index contributed by atoms with van der Waals surface area (Å²) in [6, 6.07) is 2.81. The van der Waals surface area contributed by atoms with Gasteiger partial charge in [-0.2, -0.15) is 0 Å². The summed E-state index contributed by atoms with van der Waals surface area (Å²) in [4.78, 5) is 26.9. The Kier molecular flexibility index (Phi) is 5.06. The SMILES string of the molecule is CCOC(=O)c1cnc2c(C)cc(F)cc2c1N(C)Cc1cnccn1. The summed E-state index contributed by atoms with van der Waals surface area (Å²) in [6.45, 7) is 4.16. The number of halogens is 1. The van der Waals surface area contributed by atoms with E-state index in [9.17, 15) is 9.18 Å². The lowest BCUT2D eigenvalue weighted by Gasteiger charge is -2.23. The van der Waals surface area contributed by atoms with Crippen molar-refractivity contribution in [2.75, 3.05) is 18.6 Å². The molecule has 26 heavy (non-hydrogen) atoms. The van der Waals surface area contributed by atoms with E-state index < -0.39 is 5.97 Å². The fourth-order valence-electron chi connectivity index (χ4n) is 2.93. The predicted octanol–water partition coefficient (Wildman–Crippen LogP) is 3.29. The summed E-state index contributed by atoms with van der Waals surface area (Å²) in [5, 5.41) is 0.555. The molecule has 0 radical (unpaired) electrons. The first kappa shape index (κ1) is 17.7. The average molecular weight is 354 g/mol. The van der Waals surface area contributed by atoms with Crippen LogP contribution in [0.15, 0.2) is 36.9 Å². The number of aryl methyl sites for hydroxylation is 1. The molecule has 7 heteroatoms. The van der Waals surface area contributed by atoms with Gasteiger partial charge in [-0.1, -0.05) is 0 Å². The van der Waals surface area contributed by atoms with Crippen molar-refractivity contribution in [1.29, 1.82) is 0 Å². The lowest BCUT2D eigenvalue weighted by Crippen LogP contribution is -2.22. The van der Waals surface area contributed by atoms with Gasteiger partial charge in [0.05, 0.1) is 36.2 Å². The third kappa shape index (κ3) is 3.46. The van der Waals surface area contributed by atoms with Crippen LogP contribution < -0.4 is 4.90 Å². The average Bonchev–Trinajstić information content (AvgIpc) is 2.61. The van der Waals surface area contributed by atoms with Crippen LogP contribution >= 0.6 is 0 Å². The molecule has 3 rings (SSSR count). The second kappa shape index (κ2) is 7.43. The summed E-state index contributed by atoms with van der Waals surface area (Å²) in [7, 11) is 1.81. The number of aromatic nitrogens is 3. The van der Waals surface area contributed by atoms with E-state index in [1.165, 1.54) is 18.3 Å². The second-order valence-electron chi connectivity index (χ2n) is 5.91. The largest absolute Gasteiger partial charge is 0.462 e. The summed E-state index contributed by atoms with van der Waals surface area (Å²) in [5.41, 5.74) is 2.91. The molecule has 1 aromatic carbocycles. The topological polar surface area (TPSA) is 68.2 Å². The molecule has 0 atom stereocenters. The Bertz CT molecular complexity index is 947. The van der Waals surface area contributed by atoms with Crippen molar-refractivity contribution in [1.82, 2.24) is 15.0 Å². The lowest BCUT2D eigenvalue weighted by molar-refractivity contribution is 0.0527. The molecular formula is C19H19FN4O2. The molecule has 2 aromatic heterocycles. The maximum Gasteiger partial charge on any atom is 0.341 e. The Hall–Kier alpha value is -3.09.